The van der Waals surface area contributed by atoms with Crippen molar-refractivity contribution < 1.29 is 79.8 Å². The van der Waals surface area contributed by atoms with Crippen molar-refractivity contribution in [3.8, 4) is 46.2 Å². The van der Waals surface area contributed by atoms with E-state index in [1.807, 2.05) is 0 Å². The minimum Gasteiger partial charge on any atom is -0.349 e. The molecule has 2 amide bonds. The molecule has 12 nitrogen and oxygen atoms in total. The predicted octanol–water partition coefficient (Wildman–Crippen LogP) is 11.0. The van der Waals surface area contributed by atoms with Crippen molar-refractivity contribution in [1.82, 2.24) is 49.8 Å². The highest BCUT2D eigenvalue weighted by Gasteiger charge is 2.65. The fourth-order valence-corrected chi connectivity index (χ4v) is 7.33. The van der Waals surface area contributed by atoms with Crippen LogP contribution in [-0.2, 0) is 38.3 Å². The molecule has 2 fully saturated rings. The number of carbonyl (C=O) groups is 2. The van der Waals surface area contributed by atoms with E-state index in [-0.39, 0.29) is 58.8 Å². The molecule has 0 saturated heterocycles. The van der Waals surface area contributed by atoms with Gasteiger partial charge in [-0.2, -0.15) is 90.6 Å². The van der Waals surface area contributed by atoms with Gasteiger partial charge in [0.2, 0.25) is 0 Å². The molecule has 384 valence electrons. The zero-order chi connectivity index (χ0) is 53.5. The standard InChI is InChI=1S/C22H14ClF8N5O.C20H14ClF8N5O/c1-3-19(6-7-19)33-17(37)13-8-11(4-5-14(13)23)12-9-32-36(10-12)18-15(21(26,27)28)16(34-35(18)2)20(24,25)22(29,30)31;1-33-17(14(19(24,25)26)15(32-33)18(22,23)20(27,28)29)34-8-10(7-30-34)9-2-5-13(21)12(6-9)16(35)31-11-3-4-11/h1,4-5,8-10H,6-7H2,2H3,(H,33,37);2,5-8,11H,3-4H2,1H3,(H,31,35). The summed E-state index contributed by atoms with van der Waals surface area (Å²) in [6.45, 7) is 0. The Kier molecular flexibility index (Phi) is 13.3. The van der Waals surface area contributed by atoms with Crippen molar-refractivity contribution >= 4 is 35.0 Å². The van der Waals surface area contributed by atoms with Gasteiger partial charge in [0.1, 0.15) is 16.7 Å². The van der Waals surface area contributed by atoms with Crippen LogP contribution < -0.4 is 10.6 Å². The van der Waals surface area contributed by atoms with Gasteiger partial charge in [0.05, 0.1) is 33.6 Å². The Morgan fingerprint density at radius 1 is 0.639 bits per heavy atom. The lowest BCUT2D eigenvalue weighted by molar-refractivity contribution is -0.292. The molecule has 72 heavy (non-hydrogen) atoms. The summed E-state index contributed by atoms with van der Waals surface area (Å²) in [6, 6.07) is 8.26. The van der Waals surface area contributed by atoms with Gasteiger partial charge in [-0.3, -0.25) is 9.59 Å². The zero-order valence-corrected chi connectivity index (χ0v) is 37.5. The van der Waals surface area contributed by atoms with Crippen LogP contribution in [0.1, 0.15) is 68.9 Å². The third kappa shape index (κ3) is 10.2. The van der Waals surface area contributed by atoms with Gasteiger partial charge in [0.15, 0.2) is 23.0 Å². The second kappa shape index (κ2) is 18.1. The van der Waals surface area contributed by atoms with Crippen molar-refractivity contribution in [2.45, 2.75) is 73.8 Å². The van der Waals surface area contributed by atoms with E-state index in [2.05, 4.69) is 36.9 Å². The number of aromatic nitrogens is 8. The van der Waals surface area contributed by atoms with E-state index in [0.29, 0.717) is 22.2 Å². The Bertz CT molecular complexity index is 3130. The highest BCUT2D eigenvalue weighted by Crippen LogP contribution is 2.51. The molecule has 6 aromatic rings. The maximum absolute atomic E-state index is 13.9. The first-order valence-electron chi connectivity index (χ1n) is 20.1. The molecule has 2 aliphatic rings. The average Bonchev–Trinajstić information content (AvgIpc) is 3.96. The molecular formula is C42H28Cl2F16N10O2. The van der Waals surface area contributed by atoms with E-state index < -0.39 is 88.1 Å². The van der Waals surface area contributed by atoms with Gasteiger partial charge in [-0.05, 0) is 61.1 Å². The molecule has 4 aromatic heterocycles. The van der Waals surface area contributed by atoms with E-state index in [1.165, 1.54) is 36.4 Å². The van der Waals surface area contributed by atoms with Gasteiger partial charge < -0.3 is 10.6 Å². The summed E-state index contributed by atoms with van der Waals surface area (Å²) in [6.07, 6.45) is -11.7. The monoisotopic (exact) mass is 1080 g/mol. The van der Waals surface area contributed by atoms with Gasteiger partial charge in [0.25, 0.3) is 11.8 Å². The molecule has 4 heterocycles. The van der Waals surface area contributed by atoms with Crippen LogP contribution in [0.2, 0.25) is 10.0 Å². The molecule has 30 heteroatoms. The molecule has 2 aliphatic carbocycles. The lowest BCUT2D eigenvalue weighted by Gasteiger charge is -2.19. The summed E-state index contributed by atoms with van der Waals surface area (Å²) < 4.78 is 217. The van der Waals surface area contributed by atoms with Gasteiger partial charge in [0, 0.05) is 43.7 Å². The number of alkyl halides is 16. The first-order valence-corrected chi connectivity index (χ1v) is 20.9. The number of rotatable bonds is 10. The van der Waals surface area contributed by atoms with Crippen molar-refractivity contribution in [3.63, 3.8) is 0 Å². The fourth-order valence-electron chi connectivity index (χ4n) is 6.92. The van der Waals surface area contributed by atoms with Crippen LogP contribution in [0.25, 0.3) is 33.9 Å². The smallest absolute Gasteiger partial charge is 0.349 e. The molecule has 2 N–H and O–H groups in total. The first kappa shape index (κ1) is 53.0. The quantitative estimate of drug-likeness (QED) is 0.104. The van der Waals surface area contributed by atoms with Crippen LogP contribution in [-0.4, -0.2) is 74.9 Å². The number of aryl methyl sites for hydroxylation is 2. The van der Waals surface area contributed by atoms with E-state index >= 15 is 0 Å². The minimum absolute atomic E-state index is 0.00272. The van der Waals surface area contributed by atoms with E-state index in [4.69, 9.17) is 29.6 Å². The Morgan fingerprint density at radius 3 is 1.36 bits per heavy atom. The number of nitrogens with one attached hydrogen (secondary N) is 2. The van der Waals surface area contributed by atoms with Gasteiger partial charge >= 0.3 is 36.6 Å². The number of hydrogen-bond acceptors (Lipinski definition) is 6. The summed E-state index contributed by atoms with van der Waals surface area (Å²) in [4.78, 5) is 25.0. The van der Waals surface area contributed by atoms with E-state index in [9.17, 15) is 79.8 Å². The highest BCUT2D eigenvalue weighted by atomic mass is 35.5. The van der Waals surface area contributed by atoms with Gasteiger partial charge in [-0.25, -0.2) is 18.7 Å². The molecule has 0 spiro atoms. The number of amides is 2. The van der Waals surface area contributed by atoms with Crippen molar-refractivity contribution in [1.29, 1.82) is 0 Å². The number of terminal acetylenes is 1. The van der Waals surface area contributed by atoms with Crippen LogP contribution in [0.5, 0.6) is 0 Å². The molecule has 8 rings (SSSR count). The Hall–Kier alpha value is -6.76. The zero-order valence-electron chi connectivity index (χ0n) is 36.0. The summed E-state index contributed by atoms with van der Waals surface area (Å²) in [5.41, 5.74) is -9.50. The summed E-state index contributed by atoms with van der Waals surface area (Å²) in [5.74, 6) is -12.7. The van der Waals surface area contributed by atoms with Crippen LogP contribution in [0.4, 0.5) is 70.2 Å². The van der Waals surface area contributed by atoms with Crippen LogP contribution >= 0.6 is 23.2 Å². The largest absolute Gasteiger partial charge is 0.459 e. The first-order chi connectivity index (χ1) is 33.1. The third-order valence-corrected chi connectivity index (χ3v) is 11.5. The fraction of sp³-hybridized carbons (Fsp3) is 0.333. The Balaban J connectivity index is 0.000000212. The van der Waals surface area contributed by atoms with Crippen LogP contribution in [0.15, 0.2) is 61.2 Å². The molecule has 2 aromatic carbocycles. The van der Waals surface area contributed by atoms with E-state index in [1.54, 1.807) is 0 Å². The van der Waals surface area contributed by atoms with Gasteiger partial charge in [-0.15, -0.1) is 6.42 Å². The van der Waals surface area contributed by atoms with Gasteiger partial charge in [-0.1, -0.05) is 41.3 Å². The van der Waals surface area contributed by atoms with E-state index in [0.717, 1.165) is 51.7 Å². The maximum atomic E-state index is 13.9. The molecular weight excluding hydrogens is 1050 g/mol. The minimum atomic E-state index is -6.33. The predicted molar refractivity (Wildman–Crippen MR) is 220 cm³/mol. The number of hydrogen-bond donors (Lipinski definition) is 2. The maximum Gasteiger partial charge on any atom is 0.459 e. The number of benzene rings is 2. The number of carbonyl (C=O) groups excluding carboxylic acids is 2. The second-order valence-electron chi connectivity index (χ2n) is 16.1. The number of nitrogens with zero attached hydrogens (tertiary/aromatic N) is 8. The second-order valence-corrected chi connectivity index (χ2v) is 17.0. The lowest BCUT2D eigenvalue weighted by atomic mass is 10.1. The van der Waals surface area contributed by atoms with Crippen molar-refractivity contribution in [3.05, 3.63) is 105 Å². The summed E-state index contributed by atoms with van der Waals surface area (Å²) >= 11 is 12.2. The molecule has 2 saturated carbocycles. The summed E-state index contributed by atoms with van der Waals surface area (Å²) in [7, 11) is 1.55. The molecule has 0 aliphatic heterocycles. The Labute approximate surface area is 402 Å². The highest BCUT2D eigenvalue weighted by molar-refractivity contribution is 6.34. The normalized spacial score (nSPS) is 15.2. The SMILES string of the molecule is C#CC1(NC(=O)c2cc(-c3cnn(-c4c(C(F)(F)F)c(C(F)(F)C(F)(F)F)nn4C)c3)ccc2Cl)CC1.Cn1nc(C(F)(F)C(F)(F)F)c(C(F)(F)F)c1-n1cc(-c2ccc(Cl)c(C(=O)NC3CC3)c2)cn1. The van der Waals surface area contributed by atoms with Crippen molar-refractivity contribution in [2.24, 2.45) is 14.1 Å². The lowest BCUT2D eigenvalue weighted by Crippen LogP contribution is -2.36. The van der Waals surface area contributed by atoms with Crippen LogP contribution in [0, 0.1) is 12.3 Å². The molecule has 0 unspecified atom stereocenters. The topological polar surface area (TPSA) is 129 Å². The Morgan fingerprint density at radius 2 is 1.03 bits per heavy atom. The summed E-state index contributed by atoms with van der Waals surface area (Å²) in [5, 5.41) is 18.7. The van der Waals surface area contributed by atoms with Crippen LogP contribution in [0.3, 0.4) is 0 Å². The third-order valence-electron chi connectivity index (χ3n) is 10.9. The molecule has 0 bridgehead atoms. The average molecular weight is 1080 g/mol. The number of halogens is 18. The van der Waals surface area contributed by atoms with Crippen molar-refractivity contribution in [2.75, 3.05) is 0 Å². The molecule has 0 atom stereocenters. The molecule has 0 radical (unpaired) electrons.